The summed E-state index contributed by atoms with van der Waals surface area (Å²) in [5.41, 5.74) is 2.04. The maximum atomic E-state index is 12.6. The van der Waals surface area contributed by atoms with E-state index >= 15 is 0 Å². The summed E-state index contributed by atoms with van der Waals surface area (Å²) in [6, 6.07) is 15.3. The number of hydrogen-bond donors (Lipinski definition) is 0. The van der Waals surface area contributed by atoms with Crippen molar-refractivity contribution in [2.75, 3.05) is 7.11 Å². The summed E-state index contributed by atoms with van der Waals surface area (Å²) in [6.07, 6.45) is 1.49. The van der Waals surface area contributed by atoms with Crippen molar-refractivity contribution in [2.24, 2.45) is 4.99 Å². The second-order valence-electron chi connectivity index (χ2n) is 7.20. The highest BCUT2D eigenvalue weighted by Gasteiger charge is 2.25. The smallest absolute Gasteiger partial charge is 0.363 e. The molecular weight excluding hydrogens is 501 g/mol. The Bertz CT molecular complexity index is 1450. The monoisotopic (exact) mass is 517 g/mol. The third kappa shape index (κ3) is 5.09. The maximum Gasteiger partial charge on any atom is 0.363 e. The second-order valence-corrected chi connectivity index (χ2v) is 9.59. The van der Waals surface area contributed by atoms with E-state index in [1.165, 1.54) is 49.6 Å². The maximum absolute atomic E-state index is 12.6. The minimum absolute atomic E-state index is 0.0212. The van der Waals surface area contributed by atoms with Gasteiger partial charge in [0.1, 0.15) is 4.90 Å². The fraction of sp³-hybridized carbons (Fsp3) is 0.0833. The van der Waals surface area contributed by atoms with Crippen LogP contribution in [0.3, 0.4) is 0 Å². The van der Waals surface area contributed by atoms with Gasteiger partial charge in [-0.3, -0.25) is 0 Å². The van der Waals surface area contributed by atoms with Crippen molar-refractivity contribution in [1.82, 2.24) is 0 Å². The number of esters is 1. The van der Waals surface area contributed by atoms with Gasteiger partial charge in [-0.1, -0.05) is 35.3 Å². The molecule has 0 saturated heterocycles. The number of hydrogen-bond acceptors (Lipinski definition) is 7. The highest BCUT2D eigenvalue weighted by molar-refractivity contribution is 7.87. The molecule has 0 aliphatic carbocycles. The molecule has 0 amide bonds. The molecule has 0 aromatic heterocycles. The van der Waals surface area contributed by atoms with Gasteiger partial charge in [-0.25, -0.2) is 9.79 Å². The number of halogens is 2. The molecule has 0 unspecified atom stereocenters. The molecule has 34 heavy (non-hydrogen) atoms. The predicted molar refractivity (Wildman–Crippen MR) is 129 cm³/mol. The molecule has 174 valence electrons. The number of carbonyl (C=O) groups excluding carboxylic acids is 1. The van der Waals surface area contributed by atoms with Gasteiger partial charge in [0.25, 0.3) is 0 Å². The number of rotatable bonds is 6. The van der Waals surface area contributed by atoms with Crippen LogP contribution in [0.25, 0.3) is 6.08 Å². The Morgan fingerprint density at radius 3 is 2.38 bits per heavy atom. The van der Waals surface area contributed by atoms with Crippen LogP contribution in [-0.4, -0.2) is 27.4 Å². The molecule has 1 heterocycles. The first kappa shape index (κ1) is 23.8. The average molecular weight is 518 g/mol. The summed E-state index contributed by atoms with van der Waals surface area (Å²) in [5.74, 6) is -0.365. The molecule has 3 aromatic carbocycles. The number of aliphatic imine (C=N–C) groups is 1. The van der Waals surface area contributed by atoms with Gasteiger partial charge in [-0.2, -0.15) is 8.42 Å². The van der Waals surface area contributed by atoms with Crippen LogP contribution < -0.4 is 8.92 Å². The van der Waals surface area contributed by atoms with E-state index in [1.807, 2.05) is 6.92 Å². The summed E-state index contributed by atoms with van der Waals surface area (Å²) in [4.78, 5) is 16.5. The van der Waals surface area contributed by atoms with Crippen molar-refractivity contribution >= 4 is 51.3 Å². The number of carbonyl (C=O) groups is 1. The predicted octanol–water partition coefficient (Wildman–Crippen LogP) is 5.42. The Morgan fingerprint density at radius 1 is 0.971 bits per heavy atom. The van der Waals surface area contributed by atoms with Crippen LogP contribution >= 0.6 is 23.2 Å². The molecule has 4 rings (SSSR count). The van der Waals surface area contributed by atoms with E-state index in [4.69, 9.17) is 36.9 Å². The molecule has 0 radical (unpaired) electrons. The molecule has 0 fully saturated rings. The molecule has 0 spiro atoms. The summed E-state index contributed by atoms with van der Waals surface area (Å²) >= 11 is 12.0. The number of ether oxygens (including phenoxy) is 2. The summed E-state index contributed by atoms with van der Waals surface area (Å²) in [6.45, 7) is 1.86. The molecule has 0 N–H and O–H groups in total. The zero-order valence-corrected chi connectivity index (χ0v) is 20.2. The SMILES string of the molecule is COc1cc(/C=C2\N=C(c3ccc(C)c(Cl)c3)OC2=O)ccc1OS(=O)(=O)c1ccc(Cl)cc1. The summed E-state index contributed by atoms with van der Waals surface area (Å²) in [5, 5.41) is 0.929. The average Bonchev–Trinajstić information content (AvgIpc) is 3.16. The van der Waals surface area contributed by atoms with Crippen molar-refractivity contribution < 1.29 is 26.9 Å². The van der Waals surface area contributed by atoms with Gasteiger partial charge in [0.2, 0.25) is 5.90 Å². The first-order valence-corrected chi connectivity index (χ1v) is 12.0. The zero-order chi connectivity index (χ0) is 24.5. The van der Waals surface area contributed by atoms with E-state index in [1.54, 1.807) is 24.3 Å². The Hall–Kier alpha value is -3.33. The fourth-order valence-electron chi connectivity index (χ4n) is 3.03. The van der Waals surface area contributed by atoms with E-state index < -0.39 is 16.1 Å². The van der Waals surface area contributed by atoms with Crippen LogP contribution in [0.4, 0.5) is 0 Å². The van der Waals surface area contributed by atoms with Gasteiger partial charge < -0.3 is 13.7 Å². The Kier molecular flexibility index (Phi) is 6.65. The minimum atomic E-state index is -4.11. The Morgan fingerprint density at radius 2 is 1.71 bits per heavy atom. The van der Waals surface area contributed by atoms with Crippen LogP contribution in [0.15, 0.2) is 76.2 Å². The van der Waals surface area contributed by atoms with E-state index in [-0.39, 0.29) is 28.0 Å². The molecular formula is C24H17Cl2NO6S. The molecule has 0 saturated carbocycles. The molecule has 10 heteroatoms. The first-order chi connectivity index (χ1) is 16.2. The number of aryl methyl sites for hydroxylation is 1. The summed E-state index contributed by atoms with van der Waals surface area (Å²) < 4.78 is 41.0. The van der Waals surface area contributed by atoms with Crippen LogP contribution in [-0.2, 0) is 19.6 Å². The van der Waals surface area contributed by atoms with Gasteiger partial charge in [0.05, 0.1) is 7.11 Å². The molecule has 1 aliphatic rings. The highest BCUT2D eigenvalue weighted by Crippen LogP contribution is 2.32. The quantitative estimate of drug-likeness (QED) is 0.246. The van der Waals surface area contributed by atoms with Crippen LogP contribution in [0.5, 0.6) is 11.5 Å². The van der Waals surface area contributed by atoms with Crippen molar-refractivity contribution in [3.63, 3.8) is 0 Å². The van der Waals surface area contributed by atoms with Gasteiger partial charge in [-0.05, 0) is 72.7 Å². The zero-order valence-electron chi connectivity index (χ0n) is 17.9. The van der Waals surface area contributed by atoms with E-state index in [0.29, 0.717) is 21.2 Å². The molecule has 1 aliphatic heterocycles. The normalized spacial score (nSPS) is 14.6. The van der Waals surface area contributed by atoms with Gasteiger partial charge in [-0.15, -0.1) is 0 Å². The van der Waals surface area contributed by atoms with Crippen molar-refractivity contribution in [3.05, 3.63) is 93.1 Å². The number of nitrogens with zero attached hydrogens (tertiary/aromatic N) is 1. The lowest BCUT2D eigenvalue weighted by Gasteiger charge is -2.11. The van der Waals surface area contributed by atoms with Crippen LogP contribution in [0.1, 0.15) is 16.7 Å². The Balaban J connectivity index is 1.61. The fourth-order valence-corrected chi connectivity index (χ4v) is 4.27. The summed E-state index contributed by atoms with van der Waals surface area (Å²) in [7, 11) is -2.74. The third-order valence-electron chi connectivity index (χ3n) is 4.83. The van der Waals surface area contributed by atoms with Crippen molar-refractivity contribution in [3.8, 4) is 11.5 Å². The highest BCUT2D eigenvalue weighted by atomic mass is 35.5. The second kappa shape index (κ2) is 9.50. The molecule has 7 nitrogen and oxygen atoms in total. The molecule has 0 bridgehead atoms. The minimum Gasteiger partial charge on any atom is -0.493 e. The standard InChI is InChI=1S/C24H17Cl2NO6S/c1-14-3-5-16(13-19(14)26)23-27-20(24(28)32-23)11-15-4-10-21(22(12-15)31-2)33-34(29,30)18-8-6-17(25)7-9-18/h3-13H,1-2H3/b20-11-. The van der Waals surface area contributed by atoms with Gasteiger partial charge in [0.15, 0.2) is 17.2 Å². The van der Waals surface area contributed by atoms with E-state index in [0.717, 1.165) is 5.56 Å². The largest absolute Gasteiger partial charge is 0.493 e. The Labute approximate surface area is 206 Å². The molecule has 3 aromatic rings. The topological polar surface area (TPSA) is 91.3 Å². The van der Waals surface area contributed by atoms with Gasteiger partial charge in [0, 0.05) is 15.6 Å². The lowest BCUT2D eigenvalue weighted by atomic mass is 10.1. The van der Waals surface area contributed by atoms with Crippen LogP contribution in [0.2, 0.25) is 10.0 Å². The van der Waals surface area contributed by atoms with Crippen molar-refractivity contribution in [2.45, 2.75) is 11.8 Å². The van der Waals surface area contributed by atoms with Crippen molar-refractivity contribution in [1.29, 1.82) is 0 Å². The van der Waals surface area contributed by atoms with E-state index in [9.17, 15) is 13.2 Å². The van der Waals surface area contributed by atoms with Gasteiger partial charge >= 0.3 is 16.1 Å². The first-order valence-electron chi connectivity index (χ1n) is 9.83. The number of cyclic esters (lactones) is 1. The lowest BCUT2D eigenvalue weighted by molar-refractivity contribution is -0.129. The number of benzene rings is 3. The van der Waals surface area contributed by atoms with E-state index in [2.05, 4.69) is 4.99 Å². The lowest BCUT2D eigenvalue weighted by Crippen LogP contribution is -2.10. The number of methoxy groups -OCH3 is 1. The third-order valence-corrected chi connectivity index (χ3v) is 6.74. The molecule has 0 atom stereocenters. The van der Waals surface area contributed by atoms with Crippen LogP contribution in [0, 0.1) is 6.92 Å².